The summed E-state index contributed by atoms with van der Waals surface area (Å²) in [6.07, 6.45) is 1.35. The molecule has 1 aromatic rings. The van der Waals surface area contributed by atoms with E-state index in [0.717, 1.165) is 17.7 Å². The van der Waals surface area contributed by atoms with Gasteiger partial charge >= 0.3 is 0 Å². The summed E-state index contributed by atoms with van der Waals surface area (Å²) in [5, 5.41) is 1.27. The zero-order chi connectivity index (χ0) is 10.4. The summed E-state index contributed by atoms with van der Waals surface area (Å²) in [5.74, 6) is 3.29. The van der Waals surface area contributed by atoms with Gasteiger partial charge in [-0.1, -0.05) is 6.92 Å². The first-order chi connectivity index (χ1) is 7.24. The van der Waals surface area contributed by atoms with E-state index in [9.17, 15) is 0 Å². The Morgan fingerprint density at radius 2 is 2.27 bits per heavy atom. The number of hydrogen-bond acceptors (Lipinski definition) is 4. The average molecular weight is 223 g/mol. The van der Waals surface area contributed by atoms with Crippen LogP contribution >= 0.6 is 11.5 Å². The molecule has 82 valence electrons. The van der Waals surface area contributed by atoms with Gasteiger partial charge < -0.3 is 4.90 Å². The zero-order valence-electron chi connectivity index (χ0n) is 9.31. The molecule has 3 fully saturated rings. The lowest BCUT2D eigenvalue weighted by atomic mass is 9.73. The smallest absolute Gasteiger partial charge is 0.139 e. The van der Waals surface area contributed by atoms with Crippen molar-refractivity contribution in [2.45, 2.75) is 26.2 Å². The minimum atomic E-state index is 0.661. The Bertz CT molecular complexity index is 362. The molecule has 0 aliphatic carbocycles. The lowest BCUT2D eigenvalue weighted by Crippen LogP contribution is -2.50. The first kappa shape index (κ1) is 9.73. The molecule has 0 amide bonds. The Kier molecular flexibility index (Phi) is 2.29. The highest BCUT2D eigenvalue weighted by atomic mass is 32.1. The maximum absolute atomic E-state index is 4.57. The molecule has 2 bridgehead atoms. The zero-order valence-corrected chi connectivity index (χ0v) is 10.1. The van der Waals surface area contributed by atoms with Crippen molar-refractivity contribution in [1.29, 1.82) is 0 Å². The van der Waals surface area contributed by atoms with Crippen LogP contribution in [-0.4, -0.2) is 33.9 Å². The van der Waals surface area contributed by atoms with E-state index < -0.39 is 0 Å². The van der Waals surface area contributed by atoms with Gasteiger partial charge in [-0.05, 0) is 43.3 Å². The summed E-state index contributed by atoms with van der Waals surface area (Å²) in [5.41, 5.74) is 0. The number of aromatic nitrogens is 2. The minimum Gasteiger partial charge on any atom is -0.302 e. The Morgan fingerprint density at radius 3 is 2.87 bits per heavy atom. The number of hydrogen-bond donors (Lipinski definition) is 0. The predicted octanol–water partition coefficient (Wildman–Crippen LogP) is 1.90. The van der Waals surface area contributed by atoms with Gasteiger partial charge in [-0.15, -0.1) is 0 Å². The van der Waals surface area contributed by atoms with E-state index in [2.05, 4.69) is 21.2 Å². The highest BCUT2D eigenvalue weighted by Gasteiger charge is 2.40. The van der Waals surface area contributed by atoms with E-state index in [4.69, 9.17) is 0 Å². The maximum Gasteiger partial charge on any atom is 0.139 e. The van der Waals surface area contributed by atoms with Crippen molar-refractivity contribution in [3.63, 3.8) is 0 Å². The van der Waals surface area contributed by atoms with Crippen LogP contribution in [0.5, 0.6) is 0 Å². The van der Waals surface area contributed by atoms with Crippen molar-refractivity contribution in [2.75, 3.05) is 19.6 Å². The van der Waals surface area contributed by atoms with Gasteiger partial charge in [0, 0.05) is 19.0 Å². The standard InChI is InChI=1S/C11H17N3S/c1-7-5-14-4-3-9(7)10(6-14)11-12-8(2)13-15-11/h7,9-10H,3-6H2,1-2H3. The molecule has 0 N–H and O–H groups in total. The summed E-state index contributed by atoms with van der Waals surface area (Å²) < 4.78 is 4.31. The fourth-order valence-corrected chi connectivity index (χ4v) is 3.98. The summed E-state index contributed by atoms with van der Waals surface area (Å²) in [4.78, 5) is 7.16. The van der Waals surface area contributed by atoms with Crippen LogP contribution in [0, 0.1) is 18.8 Å². The molecule has 0 radical (unpaired) electrons. The summed E-state index contributed by atoms with van der Waals surface area (Å²) >= 11 is 1.61. The second-order valence-corrected chi connectivity index (χ2v) is 5.76. The molecular formula is C11H17N3S. The Morgan fingerprint density at radius 1 is 1.40 bits per heavy atom. The lowest BCUT2D eigenvalue weighted by molar-refractivity contribution is 0.0384. The number of nitrogens with zero attached hydrogens (tertiary/aromatic N) is 3. The van der Waals surface area contributed by atoms with Crippen LogP contribution in [0.25, 0.3) is 0 Å². The van der Waals surface area contributed by atoms with Crippen LogP contribution in [0.4, 0.5) is 0 Å². The van der Waals surface area contributed by atoms with E-state index in [1.165, 1.54) is 31.1 Å². The van der Waals surface area contributed by atoms with E-state index in [1.807, 2.05) is 6.92 Å². The third kappa shape index (κ3) is 1.60. The predicted molar refractivity (Wildman–Crippen MR) is 61.1 cm³/mol. The highest BCUT2D eigenvalue weighted by Crippen LogP contribution is 2.42. The second-order valence-electron chi connectivity index (χ2n) is 4.98. The van der Waals surface area contributed by atoms with Gasteiger partial charge in [0.05, 0.1) is 0 Å². The first-order valence-corrected chi connectivity index (χ1v) is 6.54. The summed E-state index contributed by atoms with van der Waals surface area (Å²) in [7, 11) is 0. The third-order valence-corrected chi connectivity index (χ3v) is 4.82. The van der Waals surface area contributed by atoms with Crippen molar-refractivity contribution >= 4 is 11.5 Å². The Labute approximate surface area is 94.7 Å². The first-order valence-electron chi connectivity index (χ1n) is 5.76. The molecule has 4 heterocycles. The van der Waals surface area contributed by atoms with Crippen molar-refractivity contribution in [2.24, 2.45) is 11.8 Å². The number of aryl methyl sites for hydroxylation is 1. The van der Waals surface area contributed by atoms with Crippen LogP contribution in [0.3, 0.4) is 0 Å². The van der Waals surface area contributed by atoms with Gasteiger partial charge in [0.1, 0.15) is 10.8 Å². The van der Waals surface area contributed by atoms with Crippen LogP contribution in [-0.2, 0) is 0 Å². The molecule has 4 rings (SSSR count). The van der Waals surface area contributed by atoms with E-state index in [1.54, 1.807) is 11.5 Å². The summed E-state index contributed by atoms with van der Waals surface area (Å²) in [6.45, 7) is 8.17. The molecule has 4 unspecified atom stereocenters. The Balaban J connectivity index is 1.88. The molecule has 15 heavy (non-hydrogen) atoms. The largest absolute Gasteiger partial charge is 0.302 e. The van der Waals surface area contributed by atoms with E-state index >= 15 is 0 Å². The van der Waals surface area contributed by atoms with Crippen molar-refractivity contribution < 1.29 is 0 Å². The van der Waals surface area contributed by atoms with Crippen LogP contribution in [0.1, 0.15) is 30.1 Å². The van der Waals surface area contributed by atoms with Crippen LogP contribution < -0.4 is 0 Å². The van der Waals surface area contributed by atoms with E-state index in [-0.39, 0.29) is 0 Å². The monoisotopic (exact) mass is 223 g/mol. The van der Waals surface area contributed by atoms with E-state index in [0.29, 0.717) is 5.92 Å². The van der Waals surface area contributed by atoms with Gasteiger partial charge in [0.25, 0.3) is 0 Å². The summed E-state index contributed by atoms with van der Waals surface area (Å²) in [6, 6.07) is 0. The lowest BCUT2D eigenvalue weighted by Gasteiger charge is -2.47. The van der Waals surface area contributed by atoms with Gasteiger partial charge in [0.2, 0.25) is 0 Å². The number of fused-ring (bicyclic) bond motifs is 3. The van der Waals surface area contributed by atoms with Gasteiger partial charge in [-0.3, -0.25) is 0 Å². The SMILES string of the molecule is Cc1nsc(C2CN3CCC2C(C)C3)n1. The second kappa shape index (κ2) is 3.52. The van der Waals surface area contributed by atoms with Gasteiger partial charge in [-0.2, -0.15) is 4.37 Å². The number of rotatable bonds is 1. The minimum absolute atomic E-state index is 0.661. The fraction of sp³-hybridized carbons (Fsp3) is 0.818. The number of piperidine rings is 3. The van der Waals surface area contributed by atoms with Crippen molar-refractivity contribution in [1.82, 2.24) is 14.3 Å². The topological polar surface area (TPSA) is 29.0 Å². The van der Waals surface area contributed by atoms with Gasteiger partial charge in [0.15, 0.2) is 0 Å². The molecule has 3 nitrogen and oxygen atoms in total. The normalized spacial score (nSPS) is 39.6. The molecule has 1 aromatic heterocycles. The Hall–Kier alpha value is -0.480. The molecule has 3 aliphatic rings. The molecule has 0 spiro atoms. The molecule has 4 atom stereocenters. The average Bonchev–Trinajstić information content (AvgIpc) is 2.65. The molecule has 0 saturated carbocycles. The molecular weight excluding hydrogens is 206 g/mol. The molecule has 0 aromatic carbocycles. The third-order valence-electron chi connectivity index (χ3n) is 3.89. The highest BCUT2D eigenvalue weighted by molar-refractivity contribution is 7.05. The fourth-order valence-electron chi connectivity index (χ4n) is 3.15. The molecule has 3 saturated heterocycles. The molecule has 4 heteroatoms. The maximum atomic E-state index is 4.57. The quantitative estimate of drug-likeness (QED) is 0.728. The molecule has 3 aliphatic heterocycles. The van der Waals surface area contributed by atoms with Crippen LogP contribution in [0.15, 0.2) is 0 Å². The van der Waals surface area contributed by atoms with Crippen LogP contribution in [0.2, 0.25) is 0 Å². The van der Waals surface area contributed by atoms with Crippen molar-refractivity contribution in [3.8, 4) is 0 Å². The van der Waals surface area contributed by atoms with Crippen molar-refractivity contribution in [3.05, 3.63) is 10.8 Å². The van der Waals surface area contributed by atoms with Gasteiger partial charge in [-0.25, -0.2) is 4.98 Å².